The maximum Gasteiger partial charge on any atom is 0.234 e. The standard InChI is InChI=1S/C15H20N2O2/c1-10-2-5-14-11(6-10)7-13(19-14)8-16-9-15(18)17-12-3-4-12/h2,5-6,12-13,16H,3-4,7-9H2,1H3,(H,17,18). The van der Waals surface area contributed by atoms with Crippen LogP contribution in [-0.4, -0.2) is 31.1 Å². The van der Waals surface area contributed by atoms with Gasteiger partial charge in [-0.3, -0.25) is 4.79 Å². The highest BCUT2D eigenvalue weighted by atomic mass is 16.5. The van der Waals surface area contributed by atoms with Gasteiger partial charge in [0.25, 0.3) is 0 Å². The van der Waals surface area contributed by atoms with Crippen molar-refractivity contribution >= 4 is 5.91 Å². The largest absolute Gasteiger partial charge is 0.488 e. The Hall–Kier alpha value is -1.55. The van der Waals surface area contributed by atoms with Crippen LogP contribution in [0, 0.1) is 6.92 Å². The zero-order valence-corrected chi connectivity index (χ0v) is 11.2. The predicted molar refractivity (Wildman–Crippen MR) is 73.3 cm³/mol. The third kappa shape index (κ3) is 3.26. The number of aryl methyl sites for hydroxylation is 1. The van der Waals surface area contributed by atoms with Gasteiger partial charge in [0, 0.05) is 19.0 Å². The van der Waals surface area contributed by atoms with Gasteiger partial charge in [0.15, 0.2) is 0 Å². The van der Waals surface area contributed by atoms with Crippen LogP contribution >= 0.6 is 0 Å². The first-order valence-corrected chi connectivity index (χ1v) is 6.97. The monoisotopic (exact) mass is 260 g/mol. The van der Waals surface area contributed by atoms with E-state index in [-0.39, 0.29) is 12.0 Å². The molecule has 19 heavy (non-hydrogen) atoms. The molecular formula is C15H20N2O2. The Morgan fingerprint density at radius 3 is 3.05 bits per heavy atom. The van der Waals surface area contributed by atoms with E-state index in [9.17, 15) is 4.79 Å². The van der Waals surface area contributed by atoms with Crippen molar-refractivity contribution in [3.8, 4) is 5.75 Å². The summed E-state index contributed by atoms with van der Waals surface area (Å²) >= 11 is 0. The highest BCUT2D eigenvalue weighted by molar-refractivity contribution is 5.78. The first-order valence-electron chi connectivity index (χ1n) is 6.97. The van der Waals surface area contributed by atoms with Gasteiger partial charge in [-0.2, -0.15) is 0 Å². The summed E-state index contributed by atoms with van der Waals surface area (Å²) in [5.74, 6) is 1.08. The van der Waals surface area contributed by atoms with Crippen LogP contribution in [0.3, 0.4) is 0 Å². The van der Waals surface area contributed by atoms with E-state index in [1.54, 1.807) is 0 Å². The molecule has 4 nitrogen and oxygen atoms in total. The minimum absolute atomic E-state index is 0.0915. The lowest BCUT2D eigenvalue weighted by atomic mass is 10.1. The van der Waals surface area contributed by atoms with Crippen LogP contribution in [0.4, 0.5) is 0 Å². The maximum absolute atomic E-state index is 11.5. The SMILES string of the molecule is Cc1ccc2c(c1)CC(CNCC(=O)NC1CC1)O2. The number of amides is 1. The van der Waals surface area contributed by atoms with Gasteiger partial charge in [0.1, 0.15) is 11.9 Å². The predicted octanol–water partition coefficient (Wildman–Crippen LogP) is 1.17. The fourth-order valence-electron chi connectivity index (χ4n) is 2.42. The minimum Gasteiger partial charge on any atom is -0.488 e. The lowest BCUT2D eigenvalue weighted by molar-refractivity contribution is -0.120. The van der Waals surface area contributed by atoms with Crippen molar-refractivity contribution in [3.05, 3.63) is 29.3 Å². The number of benzene rings is 1. The van der Waals surface area contributed by atoms with Crippen molar-refractivity contribution in [1.29, 1.82) is 0 Å². The van der Waals surface area contributed by atoms with E-state index in [0.29, 0.717) is 19.1 Å². The quantitative estimate of drug-likeness (QED) is 0.835. The summed E-state index contributed by atoms with van der Waals surface area (Å²) in [7, 11) is 0. The number of ether oxygens (including phenoxy) is 1. The minimum atomic E-state index is 0.0915. The summed E-state index contributed by atoms with van der Waals surface area (Å²) < 4.78 is 5.84. The second kappa shape index (κ2) is 5.21. The molecule has 0 spiro atoms. The van der Waals surface area contributed by atoms with Crippen LogP contribution in [0.1, 0.15) is 24.0 Å². The zero-order chi connectivity index (χ0) is 13.2. The molecule has 0 radical (unpaired) electrons. The molecule has 3 rings (SSSR count). The van der Waals surface area contributed by atoms with Gasteiger partial charge in [-0.05, 0) is 31.4 Å². The van der Waals surface area contributed by atoms with Crippen molar-refractivity contribution in [2.45, 2.75) is 38.3 Å². The number of carbonyl (C=O) groups is 1. The molecular weight excluding hydrogens is 240 g/mol. The number of hydrogen-bond acceptors (Lipinski definition) is 3. The molecule has 0 bridgehead atoms. The maximum atomic E-state index is 11.5. The summed E-state index contributed by atoms with van der Waals surface area (Å²) in [6, 6.07) is 6.71. The van der Waals surface area contributed by atoms with E-state index in [2.05, 4.69) is 29.7 Å². The smallest absolute Gasteiger partial charge is 0.234 e. The van der Waals surface area contributed by atoms with Gasteiger partial charge >= 0.3 is 0 Å². The zero-order valence-electron chi connectivity index (χ0n) is 11.2. The summed E-state index contributed by atoms with van der Waals surface area (Å²) in [6.07, 6.45) is 3.33. The summed E-state index contributed by atoms with van der Waals surface area (Å²) in [6.45, 7) is 3.19. The van der Waals surface area contributed by atoms with E-state index in [1.165, 1.54) is 11.1 Å². The third-order valence-corrected chi connectivity index (χ3v) is 3.56. The highest BCUT2D eigenvalue weighted by Gasteiger charge is 2.24. The Morgan fingerprint density at radius 1 is 1.42 bits per heavy atom. The topological polar surface area (TPSA) is 50.4 Å². The summed E-state index contributed by atoms with van der Waals surface area (Å²) in [5, 5.41) is 6.13. The van der Waals surface area contributed by atoms with E-state index in [1.807, 2.05) is 6.07 Å². The fraction of sp³-hybridized carbons (Fsp3) is 0.533. The van der Waals surface area contributed by atoms with Gasteiger partial charge in [-0.1, -0.05) is 17.7 Å². The lowest BCUT2D eigenvalue weighted by Crippen LogP contribution is -2.39. The number of carbonyl (C=O) groups excluding carboxylic acids is 1. The Labute approximate surface area is 113 Å². The number of fused-ring (bicyclic) bond motifs is 1. The molecule has 1 atom stereocenters. The van der Waals surface area contributed by atoms with E-state index in [0.717, 1.165) is 25.0 Å². The third-order valence-electron chi connectivity index (χ3n) is 3.56. The van der Waals surface area contributed by atoms with Crippen molar-refractivity contribution in [2.75, 3.05) is 13.1 Å². The van der Waals surface area contributed by atoms with Crippen molar-refractivity contribution < 1.29 is 9.53 Å². The van der Waals surface area contributed by atoms with Crippen LogP contribution in [0.2, 0.25) is 0 Å². The Morgan fingerprint density at radius 2 is 2.26 bits per heavy atom. The van der Waals surface area contributed by atoms with Crippen molar-refractivity contribution in [2.24, 2.45) is 0 Å². The molecule has 1 aliphatic heterocycles. The van der Waals surface area contributed by atoms with Crippen LogP contribution < -0.4 is 15.4 Å². The van der Waals surface area contributed by atoms with Crippen LogP contribution in [0.25, 0.3) is 0 Å². The van der Waals surface area contributed by atoms with Crippen molar-refractivity contribution in [1.82, 2.24) is 10.6 Å². The van der Waals surface area contributed by atoms with Crippen LogP contribution in [0.15, 0.2) is 18.2 Å². The first-order chi connectivity index (χ1) is 9.20. The molecule has 102 valence electrons. The Balaban J connectivity index is 1.41. The molecule has 1 fully saturated rings. The molecule has 1 aliphatic carbocycles. The molecule has 4 heteroatoms. The average Bonchev–Trinajstić information content (AvgIpc) is 3.07. The fourth-order valence-corrected chi connectivity index (χ4v) is 2.42. The normalized spacial score (nSPS) is 20.8. The van der Waals surface area contributed by atoms with Gasteiger partial charge in [-0.25, -0.2) is 0 Å². The summed E-state index contributed by atoms with van der Waals surface area (Å²) in [4.78, 5) is 11.5. The van der Waals surface area contributed by atoms with Crippen LogP contribution in [0.5, 0.6) is 5.75 Å². The second-order valence-electron chi connectivity index (χ2n) is 5.53. The molecule has 2 aliphatic rings. The molecule has 1 unspecified atom stereocenters. The van der Waals surface area contributed by atoms with E-state index < -0.39 is 0 Å². The van der Waals surface area contributed by atoms with Crippen LogP contribution in [-0.2, 0) is 11.2 Å². The molecule has 1 saturated carbocycles. The first kappa shape index (κ1) is 12.5. The molecule has 1 aromatic rings. The lowest BCUT2D eigenvalue weighted by Gasteiger charge is -2.11. The number of hydrogen-bond donors (Lipinski definition) is 2. The molecule has 2 N–H and O–H groups in total. The van der Waals surface area contributed by atoms with E-state index >= 15 is 0 Å². The van der Waals surface area contributed by atoms with Gasteiger partial charge in [0.05, 0.1) is 6.54 Å². The van der Waals surface area contributed by atoms with E-state index in [4.69, 9.17) is 4.74 Å². The second-order valence-corrected chi connectivity index (χ2v) is 5.53. The highest BCUT2D eigenvalue weighted by Crippen LogP contribution is 2.29. The number of nitrogens with one attached hydrogen (secondary N) is 2. The molecule has 1 aromatic carbocycles. The Bertz CT molecular complexity index is 483. The summed E-state index contributed by atoms with van der Waals surface area (Å²) in [5.41, 5.74) is 2.54. The molecule has 1 heterocycles. The van der Waals surface area contributed by atoms with Gasteiger partial charge in [-0.15, -0.1) is 0 Å². The Kier molecular flexibility index (Phi) is 3.42. The molecule has 0 saturated heterocycles. The van der Waals surface area contributed by atoms with Gasteiger partial charge in [0.2, 0.25) is 5.91 Å². The molecule has 0 aromatic heterocycles. The average molecular weight is 260 g/mol. The molecule has 1 amide bonds. The number of rotatable bonds is 5. The van der Waals surface area contributed by atoms with Gasteiger partial charge < -0.3 is 15.4 Å². The van der Waals surface area contributed by atoms with Crippen molar-refractivity contribution in [3.63, 3.8) is 0 Å².